The van der Waals surface area contributed by atoms with Crippen LogP contribution >= 0.6 is 0 Å². The lowest BCUT2D eigenvalue weighted by Crippen LogP contribution is -2.55. The Labute approximate surface area is 214 Å². The van der Waals surface area contributed by atoms with Gasteiger partial charge >= 0.3 is 5.97 Å². The zero-order chi connectivity index (χ0) is 26.7. The largest absolute Gasteiger partial charge is 0.471 e. The minimum Gasteiger partial charge on any atom is -0.471 e. The number of nitrogens with one attached hydrogen (secondary N) is 1. The van der Waals surface area contributed by atoms with Crippen LogP contribution in [0.25, 0.3) is 10.8 Å². The number of cyclic esters (lactones) is 1. The van der Waals surface area contributed by atoms with Crippen molar-refractivity contribution in [1.82, 2.24) is 19.3 Å². The summed E-state index contributed by atoms with van der Waals surface area (Å²) in [6, 6.07) is 5.16. The van der Waals surface area contributed by atoms with Gasteiger partial charge in [-0.2, -0.15) is 4.31 Å². The summed E-state index contributed by atoms with van der Waals surface area (Å²) < 4.78 is 36.0. The van der Waals surface area contributed by atoms with Gasteiger partial charge in [0, 0.05) is 23.9 Å². The normalized spacial score (nSPS) is 20.8. The molecule has 2 aliphatic rings. The van der Waals surface area contributed by atoms with E-state index in [4.69, 9.17) is 9.47 Å². The first-order chi connectivity index (χ1) is 17.3. The molecule has 12 heteroatoms. The summed E-state index contributed by atoms with van der Waals surface area (Å²) in [5, 5.41) is 15.2. The number of aliphatic hydroxyl groups is 1. The second-order valence-corrected chi connectivity index (χ2v) is 12.1. The lowest BCUT2D eigenvalue weighted by Gasteiger charge is -2.36. The number of hydrogen-bond donors (Lipinski definition) is 2. The second-order valence-electron chi connectivity index (χ2n) is 10.1. The number of sulfonamides is 1. The van der Waals surface area contributed by atoms with Gasteiger partial charge in [-0.25, -0.2) is 28.2 Å². The number of rotatable bonds is 6. The van der Waals surface area contributed by atoms with Gasteiger partial charge in [-0.1, -0.05) is 6.92 Å². The van der Waals surface area contributed by atoms with Crippen molar-refractivity contribution in [3.8, 4) is 5.88 Å². The number of hydrogen-bond acceptors (Lipinski definition) is 10. The van der Waals surface area contributed by atoms with Crippen LogP contribution in [0.15, 0.2) is 30.6 Å². The number of carbonyl (C=O) groups excluding carboxylic acids is 1. The molecule has 5 rings (SSSR count). The van der Waals surface area contributed by atoms with E-state index in [2.05, 4.69) is 20.3 Å². The molecular weight excluding hydrogens is 498 g/mol. The summed E-state index contributed by atoms with van der Waals surface area (Å²) in [4.78, 5) is 25.8. The number of anilines is 2. The van der Waals surface area contributed by atoms with Gasteiger partial charge in [0.1, 0.15) is 23.8 Å². The lowest BCUT2D eigenvalue weighted by atomic mass is 9.94. The molecule has 0 aliphatic carbocycles. The number of fused-ring (bicyclic) bond motifs is 2. The minimum absolute atomic E-state index is 0.0586. The van der Waals surface area contributed by atoms with E-state index in [0.717, 1.165) is 6.26 Å². The molecule has 3 aromatic heterocycles. The molecule has 37 heavy (non-hydrogen) atoms. The SMILES string of the molecule is C[C@@H]1OC(=O)c2ccc(Nc3cc4c(C(C)(C)O)cnc(OC5CN(S(C)(=O)=O)C5)c4cn3)nc2[C@H]1C. The summed E-state index contributed by atoms with van der Waals surface area (Å²) in [5.74, 6) is 0.869. The van der Waals surface area contributed by atoms with E-state index in [-0.39, 0.29) is 37.2 Å². The average Bonchev–Trinajstić information content (AvgIpc) is 2.77. The van der Waals surface area contributed by atoms with Gasteiger partial charge in [0.2, 0.25) is 15.9 Å². The summed E-state index contributed by atoms with van der Waals surface area (Å²) in [7, 11) is -3.26. The minimum atomic E-state index is -3.26. The third-order valence-corrected chi connectivity index (χ3v) is 8.02. The van der Waals surface area contributed by atoms with Crippen LogP contribution in [0.3, 0.4) is 0 Å². The summed E-state index contributed by atoms with van der Waals surface area (Å²) in [5.41, 5.74) is 0.498. The molecule has 2 N–H and O–H groups in total. The second kappa shape index (κ2) is 8.89. The van der Waals surface area contributed by atoms with Crippen LogP contribution in [0.4, 0.5) is 11.6 Å². The Balaban J connectivity index is 1.47. The van der Waals surface area contributed by atoms with Gasteiger partial charge < -0.3 is 19.9 Å². The Bertz CT molecular complexity index is 1500. The molecule has 0 spiro atoms. The zero-order valence-electron chi connectivity index (χ0n) is 21.2. The maximum atomic E-state index is 12.2. The van der Waals surface area contributed by atoms with Gasteiger partial charge in [-0.05, 0) is 44.4 Å². The van der Waals surface area contributed by atoms with Crippen molar-refractivity contribution >= 4 is 38.4 Å². The lowest BCUT2D eigenvalue weighted by molar-refractivity contribution is 0.0235. The molecule has 2 aliphatic heterocycles. The van der Waals surface area contributed by atoms with Crippen molar-refractivity contribution in [2.75, 3.05) is 24.7 Å². The first-order valence-corrected chi connectivity index (χ1v) is 13.8. The van der Waals surface area contributed by atoms with Crippen molar-refractivity contribution in [3.63, 3.8) is 0 Å². The fourth-order valence-corrected chi connectivity index (χ4v) is 5.29. The van der Waals surface area contributed by atoms with E-state index >= 15 is 0 Å². The standard InChI is InChI=1S/C25H29N5O6S/c1-13-14(2)35-24(31)16-6-7-20(29-22(13)16)28-21-8-17-18(9-26-21)23(27-10-19(17)25(3,4)32)36-15-11-30(12-15)37(5,33)34/h6-10,13-15,32H,11-12H2,1-5H3,(H,26,28,29)/t13-,14-/m0/s1. The van der Waals surface area contributed by atoms with E-state index in [1.807, 2.05) is 13.8 Å². The third-order valence-electron chi connectivity index (χ3n) is 6.79. The molecule has 196 valence electrons. The fraction of sp³-hybridized carbons (Fsp3) is 0.440. The highest BCUT2D eigenvalue weighted by Gasteiger charge is 2.36. The van der Waals surface area contributed by atoms with Crippen molar-refractivity contribution in [1.29, 1.82) is 0 Å². The van der Waals surface area contributed by atoms with Crippen LogP contribution in [0.2, 0.25) is 0 Å². The van der Waals surface area contributed by atoms with Gasteiger partial charge in [-0.15, -0.1) is 0 Å². The smallest absolute Gasteiger partial charge is 0.340 e. The van der Waals surface area contributed by atoms with Gasteiger partial charge in [-0.3, -0.25) is 0 Å². The third kappa shape index (κ3) is 4.83. The van der Waals surface area contributed by atoms with Crippen molar-refractivity contribution in [3.05, 3.63) is 47.4 Å². The Hall–Kier alpha value is -3.35. The van der Waals surface area contributed by atoms with E-state index in [0.29, 0.717) is 45.1 Å². The monoisotopic (exact) mass is 527 g/mol. The van der Waals surface area contributed by atoms with Crippen molar-refractivity contribution in [2.24, 2.45) is 0 Å². The van der Waals surface area contributed by atoms with Gasteiger partial charge in [0.25, 0.3) is 0 Å². The van der Waals surface area contributed by atoms with E-state index in [9.17, 15) is 18.3 Å². The fourth-order valence-electron chi connectivity index (χ4n) is 4.42. The molecule has 0 unspecified atom stereocenters. The van der Waals surface area contributed by atoms with Crippen LogP contribution < -0.4 is 10.1 Å². The predicted octanol–water partition coefficient (Wildman–Crippen LogP) is 2.68. The van der Waals surface area contributed by atoms with Crippen LogP contribution in [0, 0.1) is 0 Å². The molecule has 1 saturated heterocycles. The first kappa shape index (κ1) is 25.3. The molecule has 0 saturated carbocycles. The molecule has 2 atom stereocenters. The van der Waals surface area contributed by atoms with E-state index < -0.39 is 15.6 Å². The summed E-state index contributed by atoms with van der Waals surface area (Å²) in [6.45, 7) is 7.63. The topological polar surface area (TPSA) is 144 Å². The predicted molar refractivity (Wildman–Crippen MR) is 136 cm³/mol. The highest BCUT2D eigenvalue weighted by molar-refractivity contribution is 7.88. The Morgan fingerprint density at radius 1 is 1.14 bits per heavy atom. The molecule has 3 aromatic rings. The number of pyridine rings is 3. The molecule has 0 aromatic carbocycles. The highest BCUT2D eigenvalue weighted by Crippen LogP contribution is 2.35. The maximum absolute atomic E-state index is 12.2. The van der Waals surface area contributed by atoms with Gasteiger partial charge in [0.05, 0.1) is 41.6 Å². The quantitative estimate of drug-likeness (QED) is 0.459. The molecule has 11 nitrogen and oxygen atoms in total. The number of nitrogens with zero attached hydrogens (tertiary/aromatic N) is 4. The molecule has 0 amide bonds. The highest BCUT2D eigenvalue weighted by atomic mass is 32.2. The Kier molecular flexibility index (Phi) is 6.08. The van der Waals surface area contributed by atoms with Crippen molar-refractivity contribution in [2.45, 2.75) is 51.4 Å². The number of ether oxygens (including phenoxy) is 2. The Morgan fingerprint density at radius 3 is 2.54 bits per heavy atom. The molecule has 5 heterocycles. The van der Waals surface area contributed by atoms with E-state index in [1.54, 1.807) is 44.4 Å². The maximum Gasteiger partial charge on any atom is 0.340 e. The van der Waals surface area contributed by atoms with Crippen LogP contribution in [0.5, 0.6) is 5.88 Å². The molecular formula is C25H29N5O6S. The first-order valence-electron chi connectivity index (χ1n) is 11.9. The number of esters is 1. The summed E-state index contributed by atoms with van der Waals surface area (Å²) in [6.07, 6.45) is 3.72. The number of carbonyl (C=O) groups is 1. The molecule has 0 bridgehead atoms. The average molecular weight is 528 g/mol. The van der Waals surface area contributed by atoms with Crippen molar-refractivity contribution < 1.29 is 27.8 Å². The zero-order valence-corrected chi connectivity index (χ0v) is 22.0. The van der Waals surface area contributed by atoms with Crippen LogP contribution in [-0.2, 0) is 20.4 Å². The molecule has 0 radical (unpaired) electrons. The molecule has 1 fully saturated rings. The Morgan fingerprint density at radius 2 is 1.86 bits per heavy atom. The summed E-state index contributed by atoms with van der Waals surface area (Å²) >= 11 is 0. The van der Waals surface area contributed by atoms with Crippen LogP contribution in [-0.4, -0.2) is 70.3 Å². The van der Waals surface area contributed by atoms with E-state index in [1.165, 1.54) is 4.31 Å². The number of aromatic nitrogens is 3. The van der Waals surface area contributed by atoms with Gasteiger partial charge in [0.15, 0.2) is 0 Å². The van der Waals surface area contributed by atoms with Crippen LogP contribution in [0.1, 0.15) is 55.2 Å².